The number of aryl methyl sites for hydroxylation is 2. The molecule has 1 amide bonds. The van der Waals surface area contributed by atoms with Crippen molar-refractivity contribution in [3.05, 3.63) is 88.5 Å². The van der Waals surface area contributed by atoms with E-state index in [-0.39, 0.29) is 28.7 Å². The molecule has 2 aliphatic carbocycles. The van der Waals surface area contributed by atoms with E-state index in [1.807, 2.05) is 43.0 Å². The maximum atomic E-state index is 13.5. The van der Waals surface area contributed by atoms with E-state index < -0.39 is 26.8 Å². The summed E-state index contributed by atoms with van der Waals surface area (Å²) in [6, 6.07) is 11.3. The first-order chi connectivity index (χ1) is 22.4. The first-order valence-corrected chi connectivity index (χ1v) is 18.6. The zero-order valence-electron chi connectivity index (χ0n) is 27.2. The summed E-state index contributed by atoms with van der Waals surface area (Å²) in [6.45, 7) is 5.20. The molecule has 4 aliphatic rings. The molecule has 6 atom stereocenters. The third kappa shape index (κ3) is 5.66. The number of benzene rings is 2. The van der Waals surface area contributed by atoms with E-state index in [1.54, 1.807) is 31.3 Å². The van der Waals surface area contributed by atoms with Crippen molar-refractivity contribution in [3.63, 3.8) is 0 Å². The molecule has 2 N–H and O–H groups in total. The Morgan fingerprint density at radius 1 is 1.15 bits per heavy atom. The SMILES string of the molecule is C[C@@H]1[C@@H](C)C/C=C\[C@@](O)(c2nccn2C)[C@@H]2CC[C@H]2CN2C[C@@]3(CCCc4cc(Cl)ccc43)COc3ccc(cc32)C(=O)NS1(=O)=O. The van der Waals surface area contributed by atoms with Crippen molar-refractivity contribution in [2.75, 3.05) is 24.6 Å². The monoisotopic (exact) mass is 678 g/mol. The van der Waals surface area contributed by atoms with Crippen molar-refractivity contribution in [1.82, 2.24) is 14.3 Å². The number of fused-ring (bicyclic) bond motifs is 4. The van der Waals surface area contributed by atoms with Crippen LogP contribution in [-0.4, -0.2) is 53.9 Å². The predicted octanol–water partition coefficient (Wildman–Crippen LogP) is 5.50. The number of anilines is 1. The van der Waals surface area contributed by atoms with E-state index in [4.69, 9.17) is 16.3 Å². The average Bonchev–Trinajstić information content (AvgIpc) is 3.40. The molecule has 0 unspecified atom stereocenters. The van der Waals surface area contributed by atoms with E-state index in [0.717, 1.165) is 42.8 Å². The van der Waals surface area contributed by atoms with Gasteiger partial charge >= 0.3 is 0 Å². The fourth-order valence-electron chi connectivity index (χ4n) is 8.26. The Labute approximate surface area is 282 Å². The third-order valence-electron chi connectivity index (χ3n) is 11.3. The molecule has 1 fully saturated rings. The number of allylic oxidation sites excluding steroid dienone is 1. The van der Waals surface area contributed by atoms with Crippen molar-refractivity contribution < 1.29 is 23.1 Å². The highest BCUT2D eigenvalue weighted by atomic mass is 35.5. The normalized spacial score (nSPS) is 32.6. The zero-order chi connectivity index (χ0) is 33.1. The maximum Gasteiger partial charge on any atom is 0.264 e. The number of rotatable bonds is 1. The summed E-state index contributed by atoms with van der Waals surface area (Å²) >= 11 is 6.44. The van der Waals surface area contributed by atoms with Gasteiger partial charge in [-0.2, -0.15) is 0 Å². The van der Waals surface area contributed by atoms with E-state index in [9.17, 15) is 18.3 Å². The number of carbonyl (C=O) groups excluding carboxylic acids is 1. The molecule has 9 nitrogen and oxygen atoms in total. The van der Waals surface area contributed by atoms with E-state index in [2.05, 4.69) is 26.7 Å². The summed E-state index contributed by atoms with van der Waals surface area (Å²) in [7, 11) is -2.10. The maximum absolute atomic E-state index is 13.5. The lowest BCUT2D eigenvalue weighted by molar-refractivity contribution is -0.0577. The number of nitrogens with one attached hydrogen (secondary N) is 1. The number of sulfonamides is 1. The van der Waals surface area contributed by atoms with Gasteiger partial charge in [0, 0.05) is 54.4 Å². The standard InChI is InChI=1S/C36H43ClN4O5S/c1-23-6-4-15-36(43,34-38-16-17-40(34)3)30-11-8-27(30)20-41-21-35(14-5-7-25-18-28(37)10-12-29(25)35)22-46-32-13-9-26(19-31(32)41)33(42)39-47(44,45)24(23)2/h4,9-10,12-13,15-19,23-24,27,30,43H,5-8,11,14,20-22H2,1-3H3,(H,39,42)/b15-4-/t23-,24+,27-,30+,35-,36-/m0/s1. The lowest BCUT2D eigenvalue weighted by atomic mass is 9.63. The zero-order valence-corrected chi connectivity index (χ0v) is 28.7. The lowest BCUT2D eigenvalue weighted by Crippen LogP contribution is -2.52. The number of hydrogen-bond donors (Lipinski definition) is 2. The summed E-state index contributed by atoms with van der Waals surface area (Å²) in [5.74, 6) is 0.267. The Morgan fingerprint density at radius 3 is 2.72 bits per heavy atom. The van der Waals surface area contributed by atoms with Gasteiger partial charge in [0.1, 0.15) is 17.2 Å². The van der Waals surface area contributed by atoms with E-state index in [0.29, 0.717) is 37.7 Å². The number of imidazole rings is 1. The van der Waals surface area contributed by atoms with Crippen molar-refractivity contribution in [2.45, 2.75) is 68.6 Å². The number of hydrogen-bond acceptors (Lipinski definition) is 7. The molecule has 2 bridgehead atoms. The lowest BCUT2D eigenvalue weighted by Gasteiger charge is -2.48. The predicted molar refractivity (Wildman–Crippen MR) is 182 cm³/mol. The Morgan fingerprint density at radius 2 is 1.98 bits per heavy atom. The van der Waals surface area contributed by atoms with Gasteiger partial charge in [0.05, 0.1) is 17.5 Å². The summed E-state index contributed by atoms with van der Waals surface area (Å²) in [5.41, 5.74) is 1.82. The van der Waals surface area contributed by atoms with Gasteiger partial charge < -0.3 is 19.3 Å². The van der Waals surface area contributed by atoms with Gasteiger partial charge in [-0.25, -0.2) is 18.1 Å². The molecular formula is C36H43ClN4O5S. The number of nitrogens with zero attached hydrogens (tertiary/aromatic N) is 3. The van der Waals surface area contributed by atoms with Gasteiger partial charge in [-0.3, -0.25) is 4.79 Å². The summed E-state index contributed by atoms with van der Waals surface area (Å²) in [4.78, 5) is 20.4. The van der Waals surface area contributed by atoms with Gasteiger partial charge in [0.15, 0.2) is 0 Å². The van der Waals surface area contributed by atoms with Crippen molar-refractivity contribution in [2.24, 2.45) is 24.8 Å². The van der Waals surface area contributed by atoms with Gasteiger partial charge in [-0.05, 0) is 105 Å². The Bertz CT molecular complexity index is 1840. The Balaban J connectivity index is 1.35. The molecule has 11 heteroatoms. The van der Waals surface area contributed by atoms with Crippen LogP contribution in [-0.2, 0) is 34.5 Å². The van der Waals surface area contributed by atoms with E-state index >= 15 is 0 Å². The van der Waals surface area contributed by atoms with Crippen LogP contribution in [0.5, 0.6) is 5.75 Å². The topological polar surface area (TPSA) is 114 Å². The third-order valence-corrected chi connectivity index (χ3v) is 13.5. The van der Waals surface area contributed by atoms with Crippen molar-refractivity contribution in [3.8, 4) is 5.75 Å². The van der Waals surface area contributed by atoms with Crippen LogP contribution < -0.4 is 14.4 Å². The minimum absolute atomic E-state index is 0.114. The number of halogens is 1. The van der Waals surface area contributed by atoms with Crippen LogP contribution in [0.15, 0.2) is 60.9 Å². The summed E-state index contributed by atoms with van der Waals surface area (Å²) in [6.07, 6.45) is 12.3. The number of carbonyl (C=O) groups is 1. The molecule has 250 valence electrons. The van der Waals surface area contributed by atoms with Crippen LogP contribution in [0.25, 0.3) is 0 Å². The number of aliphatic hydroxyl groups is 1. The average molecular weight is 679 g/mol. The summed E-state index contributed by atoms with van der Waals surface area (Å²) in [5, 5.41) is 12.4. The van der Waals surface area contributed by atoms with Gasteiger partial charge in [0.25, 0.3) is 5.91 Å². The number of amides is 1. The highest BCUT2D eigenvalue weighted by Gasteiger charge is 2.50. The van der Waals surface area contributed by atoms with Crippen LogP contribution in [0.2, 0.25) is 5.02 Å². The summed E-state index contributed by atoms with van der Waals surface area (Å²) < 4.78 is 37.6. The first-order valence-electron chi connectivity index (χ1n) is 16.6. The van der Waals surface area contributed by atoms with Crippen LogP contribution >= 0.6 is 11.6 Å². The molecule has 2 aromatic carbocycles. The first kappa shape index (κ1) is 32.2. The molecule has 3 heterocycles. The fraction of sp³-hybridized carbons (Fsp3) is 0.500. The smallest absolute Gasteiger partial charge is 0.264 e. The molecule has 0 saturated heterocycles. The Kier molecular flexibility index (Phi) is 8.20. The van der Waals surface area contributed by atoms with Crippen LogP contribution in [0, 0.1) is 17.8 Å². The molecule has 0 radical (unpaired) electrons. The minimum atomic E-state index is -3.99. The fourth-order valence-corrected chi connectivity index (χ4v) is 9.74. The van der Waals surface area contributed by atoms with Gasteiger partial charge in [-0.15, -0.1) is 0 Å². The second-order valence-electron chi connectivity index (χ2n) is 14.2. The van der Waals surface area contributed by atoms with Crippen LogP contribution in [0.3, 0.4) is 0 Å². The second kappa shape index (κ2) is 12.0. The second-order valence-corrected chi connectivity index (χ2v) is 16.7. The number of ether oxygens (including phenoxy) is 1. The quantitative estimate of drug-likeness (QED) is 0.327. The number of aromatic nitrogens is 2. The molecular weight excluding hydrogens is 636 g/mol. The van der Waals surface area contributed by atoms with Crippen LogP contribution in [0.1, 0.15) is 73.3 Å². The molecule has 2 aliphatic heterocycles. The molecule has 7 rings (SSSR count). The van der Waals surface area contributed by atoms with Crippen molar-refractivity contribution >= 4 is 33.2 Å². The van der Waals surface area contributed by atoms with Crippen molar-refractivity contribution in [1.29, 1.82) is 0 Å². The molecule has 47 heavy (non-hydrogen) atoms. The van der Waals surface area contributed by atoms with Gasteiger partial charge in [-0.1, -0.05) is 30.7 Å². The van der Waals surface area contributed by atoms with Crippen LogP contribution in [0.4, 0.5) is 5.69 Å². The van der Waals surface area contributed by atoms with Gasteiger partial charge in [0.2, 0.25) is 10.0 Å². The van der Waals surface area contributed by atoms with E-state index in [1.165, 1.54) is 11.1 Å². The largest absolute Gasteiger partial charge is 0.490 e. The molecule has 1 spiro atoms. The molecule has 1 aromatic heterocycles. The molecule has 3 aromatic rings. The minimum Gasteiger partial charge on any atom is -0.490 e. The molecule has 1 saturated carbocycles. The highest BCUT2D eigenvalue weighted by molar-refractivity contribution is 7.90. The Hall–Kier alpha value is -3.34. The highest BCUT2D eigenvalue weighted by Crippen LogP contribution is 2.50.